The molecule has 0 aliphatic heterocycles. The van der Waals surface area contributed by atoms with Gasteiger partial charge in [0.2, 0.25) is 0 Å². The van der Waals surface area contributed by atoms with Crippen molar-refractivity contribution < 1.29 is 4.74 Å². The minimum Gasteiger partial charge on any atom is -0.496 e. The van der Waals surface area contributed by atoms with Crippen LogP contribution in [-0.4, -0.2) is 36.4 Å². The molecular weight excluding hydrogens is 441 g/mol. The summed E-state index contributed by atoms with van der Waals surface area (Å²) in [4.78, 5) is 4.22. The summed E-state index contributed by atoms with van der Waals surface area (Å²) in [6.07, 6.45) is 4.71. The summed E-state index contributed by atoms with van der Waals surface area (Å²) in [6, 6.07) is 7.52. The van der Waals surface area contributed by atoms with Crippen molar-refractivity contribution in [2.24, 2.45) is 4.99 Å². The van der Waals surface area contributed by atoms with E-state index >= 15 is 0 Å². The van der Waals surface area contributed by atoms with Gasteiger partial charge in [0.05, 0.1) is 7.11 Å². The smallest absolute Gasteiger partial charge is 0.191 e. The zero-order valence-corrected chi connectivity index (χ0v) is 16.9. The molecule has 132 valence electrons. The topological polar surface area (TPSA) is 63.5 Å². The predicted molar refractivity (Wildman–Crippen MR) is 108 cm³/mol. The third-order valence-electron chi connectivity index (χ3n) is 3.33. The lowest BCUT2D eigenvalue weighted by molar-refractivity contribution is 0.409. The minimum atomic E-state index is 0. The van der Waals surface area contributed by atoms with Crippen LogP contribution in [0.25, 0.3) is 0 Å². The van der Waals surface area contributed by atoms with Crippen LogP contribution >= 0.6 is 35.6 Å². The quantitative estimate of drug-likeness (QED) is 0.287. The summed E-state index contributed by atoms with van der Waals surface area (Å²) in [5.41, 5.74) is 1.02. The van der Waals surface area contributed by atoms with Crippen LogP contribution in [0, 0.1) is 0 Å². The lowest BCUT2D eigenvalue weighted by Crippen LogP contribution is -2.37. The Hall–Kier alpha value is -1.48. The number of nitrogens with zero attached hydrogens (tertiary/aromatic N) is 3. The highest BCUT2D eigenvalue weighted by molar-refractivity contribution is 14.0. The van der Waals surface area contributed by atoms with Crippen molar-refractivity contribution in [1.29, 1.82) is 0 Å². The van der Waals surface area contributed by atoms with Crippen LogP contribution in [0.4, 0.5) is 0 Å². The maximum Gasteiger partial charge on any atom is 0.191 e. The van der Waals surface area contributed by atoms with E-state index in [9.17, 15) is 0 Å². The average molecular weight is 464 g/mol. The van der Waals surface area contributed by atoms with E-state index in [-0.39, 0.29) is 24.0 Å². The number of nitrogens with one attached hydrogen (secondary N) is 2. The fraction of sp³-hybridized carbons (Fsp3) is 0.375. The van der Waals surface area contributed by atoms with Gasteiger partial charge in [-0.15, -0.1) is 24.0 Å². The molecule has 2 N–H and O–H groups in total. The molecule has 0 unspecified atom stereocenters. The number of aromatic nitrogens is 2. The molecule has 2 rings (SSSR count). The van der Waals surface area contributed by atoms with Crippen LogP contribution in [0.15, 0.2) is 41.7 Å². The van der Waals surface area contributed by atoms with E-state index < -0.39 is 0 Å². The van der Waals surface area contributed by atoms with Gasteiger partial charge >= 0.3 is 0 Å². The molecule has 0 saturated carbocycles. The average Bonchev–Trinajstić information content (AvgIpc) is 3.08. The molecule has 0 fully saturated rings. The Balaban J connectivity index is 0.00000288. The van der Waals surface area contributed by atoms with E-state index in [1.54, 1.807) is 26.4 Å². The van der Waals surface area contributed by atoms with Crippen molar-refractivity contribution in [2.75, 3.05) is 20.7 Å². The lowest BCUT2D eigenvalue weighted by Gasteiger charge is -2.14. The number of guanidine groups is 1. The molecule has 0 atom stereocenters. The third-order valence-corrected chi connectivity index (χ3v) is 3.57. The zero-order valence-electron chi connectivity index (χ0n) is 13.8. The molecule has 6 nitrogen and oxygen atoms in total. The molecule has 24 heavy (non-hydrogen) atoms. The maximum absolute atomic E-state index is 5.97. The Morgan fingerprint density at radius 3 is 2.88 bits per heavy atom. The fourth-order valence-corrected chi connectivity index (χ4v) is 2.31. The number of rotatable bonds is 7. The molecule has 0 spiro atoms. The van der Waals surface area contributed by atoms with Crippen LogP contribution in [0.5, 0.6) is 5.75 Å². The van der Waals surface area contributed by atoms with Gasteiger partial charge in [-0.3, -0.25) is 9.67 Å². The largest absolute Gasteiger partial charge is 0.496 e. The second kappa shape index (κ2) is 11.1. The van der Waals surface area contributed by atoms with Crippen molar-refractivity contribution in [1.82, 2.24) is 20.4 Å². The number of aryl methyl sites for hydroxylation is 1. The molecule has 0 bridgehead atoms. The Morgan fingerprint density at radius 2 is 2.21 bits per heavy atom. The first-order valence-electron chi connectivity index (χ1n) is 7.47. The molecule has 0 aliphatic rings. The molecule has 0 radical (unpaired) electrons. The number of hydrogen-bond acceptors (Lipinski definition) is 3. The first kappa shape index (κ1) is 20.6. The highest BCUT2D eigenvalue weighted by atomic mass is 127. The summed E-state index contributed by atoms with van der Waals surface area (Å²) in [6.45, 7) is 2.30. The second-order valence-corrected chi connectivity index (χ2v) is 5.37. The van der Waals surface area contributed by atoms with Crippen LogP contribution < -0.4 is 15.4 Å². The summed E-state index contributed by atoms with van der Waals surface area (Å²) in [5, 5.41) is 11.4. The Bertz CT molecular complexity index is 633. The SMILES string of the molecule is CN=C(NCCCn1cccn1)NCc1ccc(Cl)cc1OC.I. The van der Waals surface area contributed by atoms with Gasteiger partial charge in [-0.05, 0) is 24.6 Å². The summed E-state index contributed by atoms with van der Waals surface area (Å²) in [5.74, 6) is 1.52. The first-order valence-corrected chi connectivity index (χ1v) is 7.85. The van der Waals surface area contributed by atoms with Crippen LogP contribution in [0.3, 0.4) is 0 Å². The molecule has 0 aliphatic carbocycles. The van der Waals surface area contributed by atoms with Crippen LogP contribution in [0.1, 0.15) is 12.0 Å². The molecule has 2 aromatic rings. The highest BCUT2D eigenvalue weighted by Crippen LogP contribution is 2.22. The Morgan fingerprint density at radius 1 is 1.38 bits per heavy atom. The van der Waals surface area contributed by atoms with E-state index in [4.69, 9.17) is 16.3 Å². The zero-order chi connectivity index (χ0) is 16.5. The molecular formula is C16H23ClIN5O. The van der Waals surface area contributed by atoms with E-state index in [1.807, 2.05) is 29.1 Å². The van der Waals surface area contributed by atoms with E-state index in [1.165, 1.54) is 0 Å². The monoisotopic (exact) mass is 463 g/mol. The Labute approximate surface area is 164 Å². The lowest BCUT2D eigenvalue weighted by atomic mass is 10.2. The number of aliphatic imine (C=N–C) groups is 1. The van der Waals surface area contributed by atoms with Crippen LogP contribution in [0.2, 0.25) is 5.02 Å². The van der Waals surface area contributed by atoms with Crippen molar-refractivity contribution >= 4 is 41.5 Å². The molecule has 0 saturated heterocycles. The Kier molecular flexibility index (Phi) is 9.55. The number of methoxy groups -OCH3 is 1. The normalized spacial score (nSPS) is 10.9. The van der Waals surface area contributed by atoms with Crippen molar-refractivity contribution in [3.63, 3.8) is 0 Å². The van der Waals surface area contributed by atoms with Crippen molar-refractivity contribution in [3.05, 3.63) is 47.2 Å². The number of benzene rings is 1. The van der Waals surface area contributed by atoms with Gasteiger partial charge in [0, 0.05) is 49.7 Å². The number of ether oxygens (including phenoxy) is 1. The number of halogens is 2. The highest BCUT2D eigenvalue weighted by Gasteiger charge is 2.05. The molecule has 1 aromatic carbocycles. The molecule has 8 heteroatoms. The molecule has 0 amide bonds. The van der Waals surface area contributed by atoms with E-state index in [2.05, 4.69) is 20.7 Å². The fourth-order valence-electron chi connectivity index (χ4n) is 2.14. The van der Waals surface area contributed by atoms with Crippen molar-refractivity contribution in [2.45, 2.75) is 19.5 Å². The number of hydrogen-bond donors (Lipinski definition) is 2. The van der Waals surface area contributed by atoms with Crippen LogP contribution in [-0.2, 0) is 13.1 Å². The van der Waals surface area contributed by atoms with E-state index in [0.717, 1.165) is 36.8 Å². The molecule has 1 heterocycles. The van der Waals surface area contributed by atoms with Gasteiger partial charge in [0.25, 0.3) is 0 Å². The predicted octanol–water partition coefficient (Wildman–Crippen LogP) is 2.92. The van der Waals surface area contributed by atoms with Gasteiger partial charge in [0.1, 0.15) is 5.75 Å². The summed E-state index contributed by atoms with van der Waals surface area (Å²) >= 11 is 5.97. The minimum absolute atomic E-state index is 0. The first-order chi connectivity index (χ1) is 11.2. The standard InChI is InChI=1S/C16H22ClN5O.HI/c1-18-16(19-7-3-9-22-10-4-8-21-22)20-12-13-5-6-14(17)11-15(13)23-2;/h4-6,8,10-11H,3,7,9,12H2,1-2H3,(H2,18,19,20);1H. The van der Waals surface area contributed by atoms with Gasteiger partial charge in [-0.2, -0.15) is 5.10 Å². The summed E-state index contributed by atoms with van der Waals surface area (Å²) in [7, 11) is 3.39. The van der Waals surface area contributed by atoms with Gasteiger partial charge in [-0.25, -0.2) is 0 Å². The second-order valence-electron chi connectivity index (χ2n) is 4.93. The van der Waals surface area contributed by atoms with Crippen molar-refractivity contribution in [3.8, 4) is 5.75 Å². The van der Waals surface area contributed by atoms with Gasteiger partial charge < -0.3 is 15.4 Å². The van der Waals surface area contributed by atoms with Gasteiger partial charge in [-0.1, -0.05) is 17.7 Å². The third kappa shape index (κ3) is 6.56. The van der Waals surface area contributed by atoms with Gasteiger partial charge in [0.15, 0.2) is 5.96 Å². The maximum atomic E-state index is 5.97. The summed E-state index contributed by atoms with van der Waals surface area (Å²) < 4.78 is 7.25. The van der Waals surface area contributed by atoms with E-state index in [0.29, 0.717) is 11.6 Å². The molecule has 1 aromatic heterocycles.